The number of halogens is 3. The molecule has 1 aromatic rings. The van der Waals surface area contributed by atoms with Gasteiger partial charge in [0.2, 0.25) is 10.0 Å². The molecule has 0 atom stereocenters. The van der Waals surface area contributed by atoms with Gasteiger partial charge in [0, 0.05) is 32.4 Å². The standard InChI is InChI=1S/C13H17F3N4O5S/c1-26(23,24)20-6-4-18(5-7-20)11(21)9-25-12(22)8-19-3-2-10(17-19)13(14,15)16/h2-3H,4-9H2,1H3. The van der Waals surface area contributed by atoms with E-state index in [1.165, 1.54) is 9.21 Å². The van der Waals surface area contributed by atoms with Crippen LogP contribution in [0.4, 0.5) is 13.2 Å². The smallest absolute Gasteiger partial charge is 0.435 e. The van der Waals surface area contributed by atoms with E-state index in [-0.39, 0.29) is 26.2 Å². The fraction of sp³-hybridized carbons (Fsp3) is 0.615. The van der Waals surface area contributed by atoms with Crippen molar-refractivity contribution in [2.24, 2.45) is 0 Å². The predicted molar refractivity (Wildman–Crippen MR) is 81.2 cm³/mol. The molecule has 0 radical (unpaired) electrons. The van der Waals surface area contributed by atoms with Crippen molar-refractivity contribution in [3.05, 3.63) is 18.0 Å². The van der Waals surface area contributed by atoms with Crippen LogP contribution in [-0.2, 0) is 37.1 Å². The molecule has 0 aliphatic carbocycles. The van der Waals surface area contributed by atoms with E-state index in [0.717, 1.165) is 23.2 Å². The number of ether oxygens (including phenoxy) is 1. The molecular formula is C13H17F3N4O5S. The molecule has 0 N–H and O–H groups in total. The largest absolute Gasteiger partial charge is 0.454 e. The third-order valence-corrected chi connectivity index (χ3v) is 4.94. The maximum absolute atomic E-state index is 12.4. The van der Waals surface area contributed by atoms with Gasteiger partial charge in [0.05, 0.1) is 6.26 Å². The average Bonchev–Trinajstić information content (AvgIpc) is 3.00. The Bertz CT molecular complexity index is 769. The minimum Gasteiger partial charge on any atom is -0.454 e. The van der Waals surface area contributed by atoms with Crippen molar-refractivity contribution < 1.29 is 35.9 Å². The van der Waals surface area contributed by atoms with Crippen LogP contribution in [0.3, 0.4) is 0 Å². The summed E-state index contributed by atoms with van der Waals surface area (Å²) in [4.78, 5) is 24.9. The van der Waals surface area contributed by atoms with Crippen LogP contribution >= 0.6 is 0 Å². The van der Waals surface area contributed by atoms with Crippen LogP contribution in [0.15, 0.2) is 12.3 Å². The molecule has 0 spiro atoms. The number of hydrogen-bond donors (Lipinski definition) is 0. The van der Waals surface area contributed by atoms with Crippen molar-refractivity contribution in [3.63, 3.8) is 0 Å². The molecule has 0 bridgehead atoms. The molecule has 1 aliphatic heterocycles. The average molecular weight is 398 g/mol. The summed E-state index contributed by atoms with van der Waals surface area (Å²) in [5.74, 6) is -1.42. The number of nitrogens with zero attached hydrogens (tertiary/aromatic N) is 4. The Hall–Kier alpha value is -2.15. The van der Waals surface area contributed by atoms with Crippen LogP contribution in [0.25, 0.3) is 0 Å². The summed E-state index contributed by atoms with van der Waals surface area (Å²) in [5, 5.41) is 3.20. The van der Waals surface area contributed by atoms with Crippen molar-refractivity contribution in [1.82, 2.24) is 19.0 Å². The van der Waals surface area contributed by atoms with Crippen LogP contribution in [0.5, 0.6) is 0 Å². The molecule has 9 nitrogen and oxygen atoms in total. The summed E-state index contributed by atoms with van der Waals surface area (Å²) >= 11 is 0. The van der Waals surface area contributed by atoms with Crippen molar-refractivity contribution in [2.45, 2.75) is 12.7 Å². The molecule has 146 valence electrons. The van der Waals surface area contributed by atoms with Crippen LogP contribution in [0, 0.1) is 0 Å². The SMILES string of the molecule is CS(=O)(=O)N1CCN(C(=O)COC(=O)Cn2ccc(C(F)(F)F)n2)CC1. The predicted octanol–water partition coefficient (Wildman–Crippen LogP) is -0.451. The second-order valence-electron chi connectivity index (χ2n) is 5.60. The van der Waals surface area contributed by atoms with E-state index in [1.807, 2.05) is 0 Å². The summed E-state index contributed by atoms with van der Waals surface area (Å²) in [5.41, 5.74) is -1.13. The van der Waals surface area contributed by atoms with Crippen LogP contribution in [0.1, 0.15) is 5.69 Å². The Balaban J connectivity index is 1.77. The Morgan fingerprint density at radius 3 is 2.35 bits per heavy atom. The van der Waals surface area contributed by atoms with Crippen LogP contribution < -0.4 is 0 Å². The Kier molecular flexibility index (Phi) is 5.91. The maximum Gasteiger partial charge on any atom is 0.435 e. The van der Waals surface area contributed by atoms with Gasteiger partial charge in [-0.05, 0) is 6.07 Å². The number of aromatic nitrogens is 2. The summed E-state index contributed by atoms with van der Waals surface area (Å²) < 4.78 is 66.8. The highest BCUT2D eigenvalue weighted by Gasteiger charge is 2.33. The normalized spacial score (nSPS) is 16.5. The molecule has 0 unspecified atom stereocenters. The van der Waals surface area contributed by atoms with Gasteiger partial charge in [0.1, 0.15) is 6.54 Å². The number of amides is 1. The summed E-state index contributed by atoms with van der Waals surface area (Å²) in [6.07, 6.45) is -2.55. The number of carbonyl (C=O) groups is 2. The first-order valence-corrected chi connectivity index (χ1v) is 9.31. The number of rotatable bonds is 5. The van der Waals surface area contributed by atoms with Gasteiger partial charge in [-0.15, -0.1) is 0 Å². The third-order valence-electron chi connectivity index (χ3n) is 3.64. The molecule has 1 aliphatic rings. The van der Waals surface area contributed by atoms with Crippen molar-refractivity contribution >= 4 is 21.9 Å². The third kappa shape index (κ3) is 5.42. The number of carbonyl (C=O) groups excluding carboxylic acids is 2. The van der Waals surface area contributed by atoms with Crippen molar-refractivity contribution in [2.75, 3.05) is 39.0 Å². The van der Waals surface area contributed by atoms with E-state index in [4.69, 9.17) is 4.74 Å². The quantitative estimate of drug-likeness (QED) is 0.623. The van der Waals surface area contributed by atoms with Gasteiger partial charge < -0.3 is 9.64 Å². The van der Waals surface area contributed by atoms with Gasteiger partial charge in [0.15, 0.2) is 12.3 Å². The van der Waals surface area contributed by atoms with Gasteiger partial charge in [-0.2, -0.15) is 22.6 Å². The fourth-order valence-corrected chi connectivity index (χ4v) is 3.11. The molecular weight excluding hydrogens is 381 g/mol. The first kappa shape index (κ1) is 20.2. The zero-order chi connectivity index (χ0) is 19.5. The number of piperazine rings is 1. The summed E-state index contributed by atoms with van der Waals surface area (Å²) in [6.45, 7) is -0.524. The molecule has 2 heterocycles. The minimum atomic E-state index is -4.61. The molecule has 13 heteroatoms. The maximum atomic E-state index is 12.4. The second-order valence-corrected chi connectivity index (χ2v) is 7.58. The lowest BCUT2D eigenvalue weighted by molar-refractivity contribution is -0.153. The Labute approximate surface area is 147 Å². The lowest BCUT2D eigenvalue weighted by Crippen LogP contribution is -2.51. The Morgan fingerprint density at radius 1 is 1.23 bits per heavy atom. The molecule has 26 heavy (non-hydrogen) atoms. The molecule has 1 saturated heterocycles. The summed E-state index contributed by atoms with van der Waals surface area (Å²) in [7, 11) is -3.32. The van der Waals surface area contributed by atoms with E-state index in [9.17, 15) is 31.2 Å². The molecule has 1 fully saturated rings. The zero-order valence-corrected chi connectivity index (χ0v) is 14.6. The lowest BCUT2D eigenvalue weighted by Gasteiger charge is -2.33. The van der Waals surface area contributed by atoms with Crippen molar-refractivity contribution in [1.29, 1.82) is 0 Å². The van der Waals surface area contributed by atoms with E-state index in [2.05, 4.69) is 5.10 Å². The van der Waals surface area contributed by atoms with Crippen LogP contribution in [0.2, 0.25) is 0 Å². The van der Waals surface area contributed by atoms with Gasteiger partial charge in [-0.3, -0.25) is 14.3 Å². The van der Waals surface area contributed by atoms with Crippen LogP contribution in [-0.4, -0.2) is 78.3 Å². The Morgan fingerprint density at radius 2 is 1.85 bits per heavy atom. The molecule has 1 amide bonds. The molecule has 0 saturated carbocycles. The highest BCUT2D eigenvalue weighted by atomic mass is 32.2. The van der Waals surface area contributed by atoms with E-state index in [1.54, 1.807) is 0 Å². The monoisotopic (exact) mass is 398 g/mol. The minimum absolute atomic E-state index is 0.145. The first-order valence-electron chi connectivity index (χ1n) is 7.46. The highest BCUT2D eigenvalue weighted by Crippen LogP contribution is 2.27. The van der Waals surface area contributed by atoms with Gasteiger partial charge in [-0.25, -0.2) is 8.42 Å². The fourth-order valence-electron chi connectivity index (χ4n) is 2.28. The number of alkyl halides is 3. The number of hydrogen-bond acceptors (Lipinski definition) is 6. The molecule has 0 aromatic carbocycles. The van der Waals surface area contributed by atoms with E-state index >= 15 is 0 Å². The first-order chi connectivity index (χ1) is 12.0. The van der Waals surface area contributed by atoms with Crippen molar-refractivity contribution in [3.8, 4) is 0 Å². The zero-order valence-electron chi connectivity index (χ0n) is 13.8. The topological polar surface area (TPSA) is 102 Å². The van der Waals surface area contributed by atoms with Gasteiger partial charge in [0.25, 0.3) is 5.91 Å². The van der Waals surface area contributed by atoms with Gasteiger partial charge in [-0.1, -0.05) is 0 Å². The summed E-state index contributed by atoms with van der Waals surface area (Å²) in [6, 6.07) is 0.722. The molecule has 1 aromatic heterocycles. The number of esters is 1. The highest BCUT2D eigenvalue weighted by molar-refractivity contribution is 7.88. The van der Waals surface area contributed by atoms with E-state index < -0.39 is 46.9 Å². The number of sulfonamides is 1. The van der Waals surface area contributed by atoms with Gasteiger partial charge >= 0.3 is 12.1 Å². The second kappa shape index (κ2) is 7.61. The van der Waals surface area contributed by atoms with E-state index in [0.29, 0.717) is 0 Å². The molecule has 2 rings (SSSR count). The lowest BCUT2D eigenvalue weighted by atomic mass is 10.3.